The van der Waals surface area contributed by atoms with Gasteiger partial charge in [-0.25, -0.2) is 4.79 Å². The fraction of sp³-hybridized carbons (Fsp3) is 0.875. The maximum atomic E-state index is 10.9. The average Bonchev–Trinajstić information content (AvgIpc) is 1.83. The Morgan fingerprint density at radius 3 is 2.27 bits per heavy atom. The molecule has 0 spiro atoms. The highest BCUT2D eigenvalue weighted by atomic mass is 17.1. The van der Waals surface area contributed by atoms with Gasteiger partial charge in [-0.2, -0.15) is 5.26 Å². The Labute approximate surface area is 67.3 Å². The third-order valence-electron chi connectivity index (χ3n) is 1.55. The van der Waals surface area contributed by atoms with E-state index in [1.54, 1.807) is 13.8 Å². The number of carbonyl (C=O) groups excluding carboxylic acids is 1. The molecule has 0 aromatic carbocycles. The number of rotatable bonds is 3. The molecule has 0 amide bonds. The first-order valence-electron chi connectivity index (χ1n) is 3.76. The fourth-order valence-electron chi connectivity index (χ4n) is 1.23. The van der Waals surface area contributed by atoms with Crippen molar-refractivity contribution in [2.45, 2.75) is 34.1 Å². The Bertz CT molecular complexity index is 138. The van der Waals surface area contributed by atoms with Crippen molar-refractivity contribution in [2.24, 2.45) is 11.3 Å². The van der Waals surface area contributed by atoms with Crippen molar-refractivity contribution in [1.82, 2.24) is 0 Å². The van der Waals surface area contributed by atoms with Crippen LogP contribution in [-0.4, -0.2) is 11.2 Å². The Kier molecular flexibility index (Phi) is 3.52. The summed E-state index contributed by atoms with van der Waals surface area (Å²) in [4.78, 5) is 14.6. The summed E-state index contributed by atoms with van der Waals surface area (Å²) >= 11 is 0. The molecule has 0 aliphatic rings. The van der Waals surface area contributed by atoms with Crippen LogP contribution in [0.3, 0.4) is 0 Å². The van der Waals surface area contributed by atoms with Gasteiger partial charge in [-0.3, -0.25) is 0 Å². The normalized spacial score (nSPS) is 11.8. The maximum absolute atomic E-state index is 10.9. The van der Waals surface area contributed by atoms with E-state index in [-0.39, 0.29) is 0 Å². The number of carbonyl (C=O) groups is 1. The van der Waals surface area contributed by atoms with Crippen molar-refractivity contribution in [3.8, 4) is 0 Å². The van der Waals surface area contributed by atoms with E-state index >= 15 is 0 Å². The molecule has 0 fully saturated rings. The molecule has 3 heteroatoms. The second-order valence-electron chi connectivity index (χ2n) is 3.86. The lowest BCUT2D eigenvalue weighted by atomic mass is 9.84. The van der Waals surface area contributed by atoms with Crippen LogP contribution in [0.5, 0.6) is 0 Å². The van der Waals surface area contributed by atoms with Gasteiger partial charge in [-0.05, 0) is 26.2 Å². The molecule has 0 aliphatic carbocycles. The number of hydrogen-bond donors (Lipinski definition) is 1. The maximum Gasteiger partial charge on any atom is 0.347 e. The Morgan fingerprint density at radius 2 is 2.00 bits per heavy atom. The summed E-state index contributed by atoms with van der Waals surface area (Å²) in [6, 6.07) is 0. The largest absolute Gasteiger partial charge is 0.347 e. The van der Waals surface area contributed by atoms with Gasteiger partial charge >= 0.3 is 5.97 Å². The van der Waals surface area contributed by atoms with Crippen molar-refractivity contribution < 1.29 is 14.9 Å². The van der Waals surface area contributed by atoms with Gasteiger partial charge in [0.2, 0.25) is 0 Å². The minimum Gasteiger partial charge on any atom is -0.300 e. The second kappa shape index (κ2) is 3.72. The lowest BCUT2D eigenvalue weighted by molar-refractivity contribution is -0.244. The van der Waals surface area contributed by atoms with Gasteiger partial charge in [0.1, 0.15) is 0 Å². The van der Waals surface area contributed by atoms with Crippen molar-refractivity contribution in [2.75, 3.05) is 0 Å². The van der Waals surface area contributed by atoms with Crippen LogP contribution in [0.25, 0.3) is 0 Å². The van der Waals surface area contributed by atoms with Gasteiger partial charge in [-0.1, -0.05) is 13.8 Å². The molecular weight excluding hydrogens is 144 g/mol. The number of hydrogen-bond acceptors (Lipinski definition) is 3. The quantitative estimate of drug-likeness (QED) is 0.508. The molecule has 0 radical (unpaired) electrons. The van der Waals surface area contributed by atoms with Crippen molar-refractivity contribution in [1.29, 1.82) is 0 Å². The van der Waals surface area contributed by atoms with E-state index < -0.39 is 11.4 Å². The van der Waals surface area contributed by atoms with E-state index in [1.165, 1.54) is 0 Å². The van der Waals surface area contributed by atoms with Crippen LogP contribution in [0, 0.1) is 11.3 Å². The zero-order valence-corrected chi connectivity index (χ0v) is 7.55. The lowest BCUT2D eigenvalue weighted by Crippen LogP contribution is -2.27. The predicted octanol–water partition coefficient (Wildman–Crippen LogP) is 2.07. The molecule has 0 saturated heterocycles. The molecule has 1 N–H and O–H groups in total. The standard InChI is InChI=1S/C8H16O3/c1-6(2)5-8(3,4)7(9)11-10/h6,10H,5H2,1-4H3. The molecular formula is C8H16O3. The molecule has 66 valence electrons. The first-order valence-corrected chi connectivity index (χ1v) is 3.76. The van der Waals surface area contributed by atoms with Crippen LogP contribution >= 0.6 is 0 Å². The van der Waals surface area contributed by atoms with E-state index in [1.807, 2.05) is 13.8 Å². The van der Waals surface area contributed by atoms with E-state index in [4.69, 9.17) is 5.26 Å². The molecule has 0 heterocycles. The van der Waals surface area contributed by atoms with Crippen LogP contribution in [0.4, 0.5) is 0 Å². The van der Waals surface area contributed by atoms with Gasteiger partial charge in [0, 0.05) is 0 Å². The molecule has 0 saturated carbocycles. The molecule has 0 rings (SSSR count). The topological polar surface area (TPSA) is 46.5 Å². The Hall–Kier alpha value is -0.570. The Balaban J connectivity index is 4.09. The monoisotopic (exact) mass is 160 g/mol. The van der Waals surface area contributed by atoms with Crippen molar-refractivity contribution >= 4 is 5.97 Å². The molecule has 0 atom stereocenters. The van der Waals surface area contributed by atoms with Crippen LogP contribution < -0.4 is 0 Å². The first-order chi connectivity index (χ1) is 4.90. The lowest BCUT2D eigenvalue weighted by Gasteiger charge is -2.21. The van der Waals surface area contributed by atoms with E-state index in [0.29, 0.717) is 12.3 Å². The molecule has 0 bridgehead atoms. The summed E-state index contributed by atoms with van der Waals surface area (Å²) in [5.74, 6) is -0.143. The average molecular weight is 160 g/mol. The summed E-state index contributed by atoms with van der Waals surface area (Å²) in [6.07, 6.45) is 0.715. The molecule has 3 nitrogen and oxygen atoms in total. The van der Waals surface area contributed by atoms with Gasteiger partial charge in [0.15, 0.2) is 0 Å². The third-order valence-corrected chi connectivity index (χ3v) is 1.55. The van der Waals surface area contributed by atoms with Crippen LogP contribution in [0.15, 0.2) is 0 Å². The summed E-state index contributed by atoms with van der Waals surface area (Å²) in [5, 5.41) is 8.13. The summed E-state index contributed by atoms with van der Waals surface area (Å²) < 4.78 is 0. The minimum atomic E-state index is -0.580. The fourth-order valence-corrected chi connectivity index (χ4v) is 1.23. The highest BCUT2D eigenvalue weighted by Crippen LogP contribution is 2.26. The zero-order chi connectivity index (χ0) is 9.07. The highest BCUT2D eigenvalue weighted by molar-refractivity contribution is 5.75. The van der Waals surface area contributed by atoms with E-state index in [0.717, 1.165) is 0 Å². The van der Waals surface area contributed by atoms with Crippen LogP contribution in [0.1, 0.15) is 34.1 Å². The molecule has 11 heavy (non-hydrogen) atoms. The van der Waals surface area contributed by atoms with Crippen LogP contribution in [-0.2, 0) is 9.68 Å². The van der Waals surface area contributed by atoms with Gasteiger partial charge in [-0.15, -0.1) is 0 Å². The minimum absolute atomic E-state index is 0.420. The smallest absolute Gasteiger partial charge is 0.300 e. The molecule has 0 unspecified atom stereocenters. The Morgan fingerprint density at radius 1 is 1.55 bits per heavy atom. The summed E-state index contributed by atoms with van der Waals surface area (Å²) in [7, 11) is 0. The molecule has 0 aliphatic heterocycles. The van der Waals surface area contributed by atoms with Crippen molar-refractivity contribution in [3.63, 3.8) is 0 Å². The molecule has 0 aromatic rings. The van der Waals surface area contributed by atoms with Gasteiger partial charge < -0.3 is 4.89 Å². The molecule has 0 aromatic heterocycles. The predicted molar refractivity (Wildman–Crippen MR) is 42.0 cm³/mol. The van der Waals surface area contributed by atoms with E-state index in [2.05, 4.69) is 4.89 Å². The van der Waals surface area contributed by atoms with E-state index in [9.17, 15) is 4.79 Å². The first kappa shape index (κ1) is 10.4. The summed E-state index contributed by atoms with van der Waals surface area (Å²) in [6.45, 7) is 7.55. The van der Waals surface area contributed by atoms with Gasteiger partial charge in [0.25, 0.3) is 0 Å². The SMILES string of the molecule is CC(C)CC(C)(C)C(=O)OO. The van der Waals surface area contributed by atoms with Crippen molar-refractivity contribution in [3.05, 3.63) is 0 Å². The third kappa shape index (κ3) is 3.37. The highest BCUT2D eigenvalue weighted by Gasteiger charge is 2.30. The van der Waals surface area contributed by atoms with Crippen LogP contribution in [0.2, 0.25) is 0 Å². The zero-order valence-electron chi connectivity index (χ0n) is 7.55. The van der Waals surface area contributed by atoms with Gasteiger partial charge in [0.05, 0.1) is 5.41 Å². The summed E-state index contributed by atoms with van der Waals surface area (Å²) in [5.41, 5.74) is -0.580. The second-order valence-corrected chi connectivity index (χ2v) is 3.86.